The maximum Gasteiger partial charge on any atom is 0.309 e. The normalized spacial score (nSPS) is 28.4. The number of esters is 1. The SMILES string of the molecule is CCOC(=O)C1CCN(C(=O)C2CCOC2C)CC1. The van der Waals surface area contributed by atoms with Gasteiger partial charge in [-0.15, -0.1) is 0 Å². The van der Waals surface area contributed by atoms with Crippen LogP contribution in [0.1, 0.15) is 33.1 Å². The molecule has 0 aromatic carbocycles. The number of rotatable bonds is 3. The minimum Gasteiger partial charge on any atom is -0.466 e. The van der Waals surface area contributed by atoms with Gasteiger partial charge in [-0.05, 0) is 33.1 Å². The number of carbonyl (C=O) groups is 2. The van der Waals surface area contributed by atoms with Crippen molar-refractivity contribution in [2.75, 3.05) is 26.3 Å². The Labute approximate surface area is 114 Å². The lowest BCUT2D eigenvalue weighted by atomic mass is 9.94. The van der Waals surface area contributed by atoms with E-state index in [0.29, 0.717) is 39.1 Å². The Hall–Kier alpha value is -1.10. The fraction of sp³-hybridized carbons (Fsp3) is 0.857. The molecule has 108 valence electrons. The molecule has 2 unspecified atom stereocenters. The van der Waals surface area contributed by atoms with Crippen LogP contribution in [0.2, 0.25) is 0 Å². The van der Waals surface area contributed by atoms with Gasteiger partial charge in [-0.25, -0.2) is 0 Å². The number of amides is 1. The van der Waals surface area contributed by atoms with E-state index >= 15 is 0 Å². The zero-order valence-corrected chi connectivity index (χ0v) is 11.8. The molecule has 1 amide bonds. The summed E-state index contributed by atoms with van der Waals surface area (Å²) in [5.74, 6) is 0.0277. The van der Waals surface area contributed by atoms with Crippen molar-refractivity contribution in [2.45, 2.75) is 39.2 Å². The van der Waals surface area contributed by atoms with E-state index in [0.717, 1.165) is 6.42 Å². The monoisotopic (exact) mass is 269 g/mol. The molecule has 5 nitrogen and oxygen atoms in total. The minimum absolute atomic E-state index is 0.000793. The van der Waals surface area contributed by atoms with E-state index in [1.54, 1.807) is 0 Å². The second-order valence-electron chi connectivity index (χ2n) is 5.32. The van der Waals surface area contributed by atoms with Gasteiger partial charge < -0.3 is 14.4 Å². The first-order valence-electron chi connectivity index (χ1n) is 7.20. The van der Waals surface area contributed by atoms with Crippen molar-refractivity contribution in [2.24, 2.45) is 11.8 Å². The number of hydrogen-bond donors (Lipinski definition) is 0. The molecule has 0 aliphatic carbocycles. The highest BCUT2D eigenvalue weighted by Crippen LogP contribution is 2.26. The second-order valence-corrected chi connectivity index (χ2v) is 5.32. The van der Waals surface area contributed by atoms with Gasteiger partial charge in [0.25, 0.3) is 0 Å². The number of ether oxygens (including phenoxy) is 2. The highest BCUT2D eigenvalue weighted by molar-refractivity contribution is 5.80. The first-order valence-corrected chi connectivity index (χ1v) is 7.20. The summed E-state index contributed by atoms with van der Waals surface area (Å²) in [6.07, 6.45) is 2.27. The predicted octanol–water partition coefficient (Wildman–Crippen LogP) is 1.21. The van der Waals surface area contributed by atoms with Crippen molar-refractivity contribution in [3.8, 4) is 0 Å². The molecule has 0 saturated carbocycles. The topological polar surface area (TPSA) is 55.8 Å². The Morgan fingerprint density at radius 2 is 1.95 bits per heavy atom. The molecule has 2 heterocycles. The Morgan fingerprint density at radius 3 is 2.47 bits per heavy atom. The van der Waals surface area contributed by atoms with E-state index in [9.17, 15) is 9.59 Å². The molecule has 0 aromatic rings. The van der Waals surface area contributed by atoms with Crippen LogP contribution in [-0.2, 0) is 19.1 Å². The van der Waals surface area contributed by atoms with Gasteiger partial charge in [-0.3, -0.25) is 9.59 Å². The van der Waals surface area contributed by atoms with Gasteiger partial charge in [0, 0.05) is 19.7 Å². The molecule has 0 radical (unpaired) electrons. The van der Waals surface area contributed by atoms with E-state index in [-0.39, 0.29) is 29.8 Å². The maximum atomic E-state index is 12.3. The number of carbonyl (C=O) groups excluding carboxylic acids is 2. The standard InChI is InChI=1S/C14H23NO4/c1-3-18-14(17)11-4-7-15(8-5-11)13(16)12-6-9-19-10(12)2/h10-12H,3-9H2,1-2H3. The molecular formula is C14H23NO4. The minimum atomic E-state index is -0.118. The van der Waals surface area contributed by atoms with Gasteiger partial charge in [-0.1, -0.05) is 0 Å². The second kappa shape index (κ2) is 6.37. The zero-order chi connectivity index (χ0) is 13.8. The molecule has 5 heteroatoms. The van der Waals surface area contributed by atoms with E-state index in [1.807, 2.05) is 18.7 Å². The van der Waals surface area contributed by atoms with Crippen LogP contribution in [-0.4, -0.2) is 49.2 Å². The van der Waals surface area contributed by atoms with Gasteiger partial charge in [0.05, 0.1) is 24.5 Å². The molecule has 2 saturated heterocycles. The van der Waals surface area contributed by atoms with Crippen LogP contribution < -0.4 is 0 Å². The van der Waals surface area contributed by atoms with Crippen molar-refractivity contribution in [1.82, 2.24) is 4.90 Å². The van der Waals surface area contributed by atoms with Crippen LogP contribution in [0.5, 0.6) is 0 Å². The van der Waals surface area contributed by atoms with Crippen molar-refractivity contribution >= 4 is 11.9 Å². The summed E-state index contributed by atoms with van der Waals surface area (Å²) in [6.45, 7) is 6.20. The predicted molar refractivity (Wildman–Crippen MR) is 69.5 cm³/mol. The molecule has 2 aliphatic heterocycles. The fourth-order valence-electron chi connectivity index (χ4n) is 2.89. The lowest BCUT2D eigenvalue weighted by Crippen LogP contribution is -2.44. The molecule has 0 N–H and O–H groups in total. The summed E-state index contributed by atoms with van der Waals surface area (Å²) in [5, 5.41) is 0. The third kappa shape index (κ3) is 3.26. The van der Waals surface area contributed by atoms with Gasteiger partial charge in [0.2, 0.25) is 5.91 Å². The molecular weight excluding hydrogens is 246 g/mol. The van der Waals surface area contributed by atoms with Gasteiger partial charge >= 0.3 is 5.97 Å². The van der Waals surface area contributed by atoms with Crippen LogP contribution >= 0.6 is 0 Å². The Morgan fingerprint density at radius 1 is 1.26 bits per heavy atom. The first-order chi connectivity index (χ1) is 9.13. The van der Waals surface area contributed by atoms with E-state index < -0.39 is 0 Å². The highest BCUT2D eigenvalue weighted by Gasteiger charge is 2.36. The zero-order valence-electron chi connectivity index (χ0n) is 11.8. The summed E-state index contributed by atoms with van der Waals surface area (Å²) in [5.41, 5.74) is 0. The summed E-state index contributed by atoms with van der Waals surface area (Å²) in [4.78, 5) is 25.9. The highest BCUT2D eigenvalue weighted by atomic mass is 16.5. The van der Waals surface area contributed by atoms with Gasteiger partial charge in [0.15, 0.2) is 0 Å². The van der Waals surface area contributed by atoms with Crippen molar-refractivity contribution in [3.63, 3.8) is 0 Å². The molecule has 0 aromatic heterocycles. The summed E-state index contributed by atoms with van der Waals surface area (Å²) >= 11 is 0. The third-order valence-electron chi connectivity index (χ3n) is 4.12. The molecule has 19 heavy (non-hydrogen) atoms. The molecule has 2 atom stereocenters. The van der Waals surface area contributed by atoms with Gasteiger partial charge in [-0.2, -0.15) is 0 Å². The molecule has 2 fully saturated rings. The summed E-state index contributed by atoms with van der Waals surface area (Å²) in [6, 6.07) is 0. The fourth-order valence-corrected chi connectivity index (χ4v) is 2.89. The first kappa shape index (κ1) is 14.3. The average molecular weight is 269 g/mol. The summed E-state index contributed by atoms with van der Waals surface area (Å²) in [7, 11) is 0. The Bertz CT molecular complexity index is 336. The lowest BCUT2D eigenvalue weighted by molar-refractivity contribution is -0.152. The van der Waals surface area contributed by atoms with E-state index in [1.165, 1.54) is 0 Å². The number of nitrogens with zero attached hydrogens (tertiary/aromatic N) is 1. The van der Waals surface area contributed by atoms with Crippen LogP contribution in [0, 0.1) is 11.8 Å². The lowest BCUT2D eigenvalue weighted by Gasteiger charge is -2.33. The van der Waals surface area contributed by atoms with E-state index in [2.05, 4.69) is 0 Å². The molecule has 0 bridgehead atoms. The maximum absolute atomic E-state index is 12.3. The Balaban J connectivity index is 1.82. The van der Waals surface area contributed by atoms with Crippen LogP contribution in [0.3, 0.4) is 0 Å². The number of hydrogen-bond acceptors (Lipinski definition) is 4. The number of piperidine rings is 1. The van der Waals surface area contributed by atoms with Crippen LogP contribution in [0.4, 0.5) is 0 Å². The molecule has 2 rings (SSSR count). The largest absolute Gasteiger partial charge is 0.466 e. The third-order valence-corrected chi connectivity index (χ3v) is 4.12. The van der Waals surface area contributed by atoms with E-state index in [4.69, 9.17) is 9.47 Å². The van der Waals surface area contributed by atoms with Crippen molar-refractivity contribution in [3.05, 3.63) is 0 Å². The van der Waals surface area contributed by atoms with Crippen LogP contribution in [0.15, 0.2) is 0 Å². The Kier molecular flexibility index (Phi) is 4.80. The number of likely N-dealkylation sites (tertiary alicyclic amines) is 1. The quantitative estimate of drug-likeness (QED) is 0.723. The average Bonchev–Trinajstić information content (AvgIpc) is 2.84. The van der Waals surface area contributed by atoms with Crippen molar-refractivity contribution < 1.29 is 19.1 Å². The van der Waals surface area contributed by atoms with Crippen molar-refractivity contribution in [1.29, 1.82) is 0 Å². The molecule has 2 aliphatic rings. The smallest absolute Gasteiger partial charge is 0.309 e. The van der Waals surface area contributed by atoms with Crippen LogP contribution in [0.25, 0.3) is 0 Å². The molecule has 0 spiro atoms. The van der Waals surface area contributed by atoms with Gasteiger partial charge in [0.1, 0.15) is 0 Å². The summed E-state index contributed by atoms with van der Waals surface area (Å²) < 4.78 is 10.5.